The van der Waals surface area contributed by atoms with E-state index in [0.717, 1.165) is 5.69 Å². The predicted octanol–water partition coefficient (Wildman–Crippen LogP) is 0.0988. The van der Waals surface area contributed by atoms with Crippen molar-refractivity contribution in [2.45, 2.75) is 12.0 Å². The minimum Gasteiger partial charge on any atom is -0.482 e. The van der Waals surface area contributed by atoms with Crippen LogP contribution in [-0.2, 0) is 16.6 Å². The summed E-state index contributed by atoms with van der Waals surface area (Å²) in [6.45, 7) is 0.931. The first-order chi connectivity index (χ1) is 12.5. The number of imidazole rings is 1. The van der Waals surface area contributed by atoms with Gasteiger partial charge in [0.2, 0.25) is 5.91 Å². The number of hydrogen-bond acceptors (Lipinski definition) is 5. The fraction of sp³-hybridized carbons (Fsp3) is 0.389. The standard InChI is InChI=1S/C18H21N5O3/c1-21-11-20-6-15(21)12-7-22(8-13(12)19)17(24)9-23-14-4-2-3-5-16(14)26-10-18(23)25/h2-6,11-13H,7-10,19H2,1H3/t12-,13-/m1/s1. The lowest BCUT2D eigenvalue weighted by molar-refractivity contribution is -0.131. The summed E-state index contributed by atoms with van der Waals surface area (Å²) in [5.41, 5.74) is 7.91. The Morgan fingerprint density at radius 2 is 2.15 bits per heavy atom. The molecule has 0 bridgehead atoms. The van der Waals surface area contributed by atoms with Crippen LogP contribution in [-0.4, -0.2) is 58.5 Å². The molecule has 2 amide bonds. The van der Waals surface area contributed by atoms with E-state index in [0.29, 0.717) is 24.5 Å². The molecule has 2 atom stereocenters. The second kappa shape index (κ2) is 6.45. The van der Waals surface area contributed by atoms with Gasteiger partial charge in [0.15, 0.2) is 6.61 Å². The van der Waals surface area contributed by atoms with Gasteiger partial charge in [0.25, 0.3) is 5.91 Å². The number of nitrogens with zero attached hydrogens (tertiary/aromatic N) is 4. The van der Waals surface area contributed by atoms with Crippen LogP contribution in [0.25, 0.3) is 0 Å². The summed E-state index contributed by atoms with van der Waals surface area (Å²) in [5.74, 6) is 0.323. The van der Waals surface area contributed by atoms with Crippen LogP contribution < -0.4 is 15.4 Å². The van der Waals surface area contributed by atoms with E-state index >= 15 is 0 Å². The highest BCUT2D eigenvalue weighted by Crippen LogP contribution is 2.32. The number of anilines is 1. The summed E-state index contributed by atoms with van der Waals surface area (Å²) in [4.78, 5) is 32.4. The van der Waals surface area contributed by atoms with Gasteiger partial charge in [0.1, 0.15) is 12.3 Å². The minimum atomic E-state index is -0.219. The van der Waals surface area contributed by atoms with E-state index in [2.05, 4.69) is 4.98 Å². The molecule has 136 valence electrons. The van der Waals surface area contributed by atoms with Crippen LogP contribution in [0.4, 0.5) is 5.69 Å². The van der Waals surface area contributed by atoms with Crippen LogP contribution in [0.5, 0.6) is 5.75 Å². The van der Waals surface area contributed by atoms with Crippen LogP contribution in [0, 0.1) is 0 Å². The monoisotopic (exact) mass is 355 g/mol. The number of likely N-dealkylation sites (tertiary alicyclic amines) is 1. The molecule has 0 saturated carbocycles. The summed E-state index contributed by atoms with van der Waals surface area (Å²) in [6, 6.07) is 7.09. The number of benzene rings is 1. The zero-order valence-corrected chi connectivity index (χ0v) is 14.5. The zero-order chi connectivity index (χ0) is 18.3. The summed E-state index contributed by atoms with van der Waals surface area (Å²) in [7, 11) is 1.92. The van der Waals surface area contributed by atoms with Crippen LogP contribution >= 0.6 is 0 Å². The first-order valence-electron chi connectivity index (χ1n) is 8.56. The van der Waals surface area contributed by atoms with Crippen molar-refractivity contribution in [1.82, 2.24) is 14.5 Å². The topological polar surface area (TPSA) is 93.7 Å². The van der Waals surface area contributed by atoms with Crippen molar-refractivity contribution in [1.29, 1.82) is 0 Å². The molecule has 1 fully saturated rings. The van der Waals surface area contributed by atoms with E-state index in [1.165, 1.54) is 4.90 Å². The van der Waals surface area contributed by atoms with Gasteiger partial charge in [-0.05, 0) is 12.1 Å². The maximum atomic E-state index is 12.8. The number of para-hydroxylation sites is 2. The minimum absolute atomic E-state index is 0.00989. The van der Waals surface area contributed by atoms with Crippen molar-refractivity contribution in [2.75, 3.05) is 31.1 Å². The van der Waals surface area contributed by atoms with Gasteiger partial charge in [-0.15, -0.1) is 0 Å². The van der Waals surface area contributed by atoms with Crippen LogP contribution in [0.3, 0.4) is 0 Å². The normalized spacial score (nSPS) is 22.3. The Morgan fingerprint density at radius 3 is 2.92 bits per heavy atom. The molecule has 1 aromatic heterocycles. The molecule has 0 unspecified atom stereocenters. The molecular weight excluding hydrogens is 334 g/mol. The third kappa shape index (κ3) is 2.82. The quantitative estimate of drug-likeness (QED) is 0.843. The van der Waals surface area contributed by atoms with E-state index in [4.69, 9.17) is 10.5 Å². The van der Waals surface area contributed by atoms with Gasteiger partial charge in [-0.1, -0.05) is 12.1 Å². The molecule has 0 aliphatic carbocycles. The fourth-order valence-corrected chi connectivity index (χ4v) is 3.63. The Kier molecular flexibility index (Phi) is 4.12. The van der Waals surface area contributed by atoms with Gasteiger partial charge >= 0.3 is 0 Å². The van der Waals surface area contributed by atoms with Crippen molar-refractivity contribution in [3.63, 3.8) is 0 Å². The van der Waals surface area contributed by atoms with Crippen LogP contribution in [0.1, 0.15) is 11.6 Å². The molecule has 2 aliphatic heterocycles. The molecule has 1 saturated heterocycles. The zero-order valence-electron chi connectivity index (χ0n) is 14.5. The van der Waals surface area contributed by atoms with E-state index in [9.17, 15) is 9.59 Å². The summed E-state index contributed by atoms with van der Waals surface area (Å²) < 4.78 is 7.35. The SMILES string of the molecule is Cn1cncc1[C@@H]1CN(C(=O)CN2C(=O)COc3ccccc32)C[C@H]1N. The molecule has 2 N–H and O–H groups in total. The molecule has 0 spiro atoms. The van der Waals surface area contributed by atoms with E-state index in [1.807, 2.05) is 23.7 Å². The van der Waals surface area contributed by atoms with E-state index in [1.54, 1.807) is 29.6 Å². The molecule has 8 nitrogen and oxygen atoms in total. The van der Waals surface area contributed by atoms with Crippen LogP contribution in [0.15, 0.2) is 36.8 Å². The smallest absolute Gasteiger partial charge is 0.265 e. The van der Waals surface area contributed by atoms with Gasteiger partial charge < -0.3 is 19.9 Å². The Labute approximate surface area is 151 Å². The average molecular weight is 355 g/mol. The lowest BCUT2D eigenvalue weighted by Gasteiger charge is -2.30. The van der Waals surface area contributed by atoms with E-state index in [-0.39, 0.29) is 36.9 Å². The summed E-state index contributed by atoms with van der Waals surface area (Å²) in [6.07, 6.45) is 3.52. The van der Waals surface area contributed by atoms with Crippen molar-refractivity contribution < 1.29 is 14.3 Å². The second-order valence-corrected chi connectivity index (χ2v) is 6.73. The Hall–Kier alpha value is -2.87. The number of aromatic nitrogens is 2. The Morgan fingerprint density at radius 1 is 1.35 bits per heavy atom. The molecule has 2 aromatic rings. The molecule has 0 radical (unpaired) electrons. The highest BCUT2D eigenvalue weighted by molar-refractivity contribution is 6.02. The van der Waals surface area contributed by atoms with Crippen molar-refractivity contribution in [2.24, 2.45) is 12.8 Å². The van der Waals surface area contributed by atoms with Gasteiger partial charge in [-0.2, -0.15) is 0 Å². The highest BCUT2D eigenvalue weighted by Gasteiger charge is 2.37. The number of hydrogen-bond donors (Lipinski definition) is 1. The number of carbonyl (C=O) groups excluding carboxylic acids is 2. The fourth-order valence-electron chi connectivity index (χ4n) is 3.63. The van der Waals surface area contributed by atoms with Crippen molar-refractivity contribution >= 4 is 17.5 Å². The molecular formula is C18H21N5O3. The van der Waals surface area contributed by atoms with Gasteiger partial charge in [-0.25, -0.2) is 4.98 Å². The highest BCUT2D eigenvalue weighted by atomic mass is 16.5. The maximum Gasteiger partial charge on any atom is 0.265 e. The first kappa shape index (κ1) is 16.6. The van der Waals surface area contributed by atoms with Gasteiger partial charge in [-0.3, -0.25) is 14.5 Å². The number of ether oxygens (including phenoxy) is 1. The second-order valence-electron chi connectivity index (χ2n) is 6.73. The number of amides is 2. The molecule has 1 aromatic carbocycles. The molecule has 8 heteroatoms. The van der Waals surface area contributed by atoms with Crippen molar-refractivity contribution in [3.8, 4) is 5.75 Å². The number of carbonyl (C=O) groups is 2. The number of nitrogens with two attached hydrogens (primary N) is 1. The Balaban J connectivity index is 1.49. The third-order valence-electron chi connectivity index (χ3n) is 5.05. The van der Waals surface area contributed by atoms with Crippen LogP contribution in [0.2, 0.25) is 0 Å². The van der Waals surface area contributed by atoms with E-state index < -0.39 is 0 Å². The third-order valence-corrected chi connectivity index (χ3v) is 5.05. The maximum absolute atomic E-state index is 12.8. The molecule has 2 aliphatic rings. The number of rotatable bonds is 3. The lowest BCUT2D eigenvalue weighted by Crippen LogP contribution is -2.46. The largest absolute Gasteiger partial charge is 0.482 e. The lowest BCUT2D eigenvalue weighted by atomic mass is 10.0. The predicted molar refractivity (Wildman–Crippen MR) is 94.8 cm³/mol. The Bertz CT molecular complexity index is 849. The van der Waals surface area contributed by atoms with Gasteiger partial charge in [0, 0.05) is 44.0 Å². The van der Waals surface area contributed by atoms with Gasteiger partial charge in [0.05, 0.1) is 12.0 Å². The molecule has 3 heterocycles. The molecule has 4 rings (SSSR count). The number of aryl methyl sites for hydroxylation is 1. The summed E-state index contributed by atoms with van der Waals surface area (Å²) >= 11 is 0. The first-order valence-corrected chi connectivity index (χ1v) is 8.56. The average Bonchev–Trinajstić information content (AvgIpc) is 3.22. The van der Waals surface area contributed by atoms with Crippen molar-refractivity contribution in [3.05, 3.63) is 42.5 Å². The molecule has 26 heavy (non-hydrogen) atoms. The number of fused-ring (bicyclic) bond motifs is 1. The summed E-state index contributed by atoms with van der Waals surface area (Å²) in [5, 5.41) is 0.